The molecule has 0 saturated carbocycles. The third-order valence-corrected chi connectivity index (χ3v) is 2.75. The Bertz CT molecular complexity index is 319. The lowest BCUT2D eigenvalue weighted by molar-refractivity contribution is 0.0797. The first-order valence-electron chi connectivity index (χ1n) is 6.63. The fourth-order valence-corrected chi connectivity index (χ4v) is 1.84. The lowest BCUT2D eigenvalue weighted by atomic mass is 10.1. The van der Waals surface area contributed by atoms with Crippen molar-refractivity contribution in [1.82, 2.24) is 10.2 Å². The number of hydrogen-bond acceptors (Lipinski definition) is 3. The van der Waals surface area contributed by atoms with Gasteiger partial charge in [0.15, 0.2) is 0 Å². The van der Waals surface area contributed by atoms with Crippen LogP contribution in [0, 0.1) is 0 Å². The van der Waals surface area contributed by atoms with Crippen LogP contribution in [0.3, 0.4) is 0 Å². The summed E-state index contributed by atoms with van der Waals surface area (Å²) in [6.07, 6.45) is 1.10. The molecule has 0 fully saturated rings. The van der Waals surface area contributed by atoms with Crippen LogP contribution in [0.1, 0.15) is 25.8 Å². The summed E-state index contributed by atoms with van der Waals surface area (Å²) in [6, 6.07) is 10.5. The van der Waals surface area contributed by atoms with Crippen LogP contribution in [0.15, 0.2) is 30.3 Å². The van der Waals surface area contributed by atoms with Gasteiger partial charge in [-0.3, -0.25) is 0 Å². The number of benzene rings is 1. The molecule has 18 heavy (non-hydrogen) atoms. The van der Waals surface area contributed by atoms with Crippen molar-refractivity contribution < 1.29 is 5.11 Å². The highest BCUT2D eigenvalue weighted by Crippen LogP contribution is 2.02. The highest BCUT2D eigenvalue weighted by atomic mass is 16.3. The topological polar surface area (TPSA) is 35.5 Å². The Hall–Kier alpha value is -0.900. The van der Waals surface area contributed by atoms with Gasteiger partial charge in [-0.25, -0.2) is 0 Å². The molecule has 0 aliphatic rings. The van der Waals surface area contributed by atoms with E-state index in [-0.39, 0.29) is 0 Å². The minimum Gasteiger partial charge on any atom is -0.389 e. The zero-order valence-corrected chi connectivity index (χ0v) is 11.8. The van der Waals surface area contributed by atoms with Crippen molar-refractivity contribution in [2.75, 3.05) is 26.7 Å². The van der Waals surface area contributed by atoms with Crippen LogP contribution < -0.4 is 5.32 Å². The Morgan fingerprint density at radius 2 is 1.89 bits per heavy atom. The molecular formula is C15H26N2O. The van der Waals surface area contributed by atoms with Crippen LogP contribution in [-0.2, 0) is 6.54 Å². The summed E-state index contributed by atoms with van der Waals surface area (Å²) in [6.45, 7) is 7.29. The zero-order valence-electron chi connectivity index (χ0n) is 11.8. The van der Waals surface area contributed by atoms with Crippen molar-refractivity contribution in [3.8, 4) is 0 Å². The van der Waals surface area contributed by atoms with E-state index in [0.717, 1.165) is 26.1 Å². The predicted molar refractivity (Wildman–Crippen MR) is 76.6 cm³/mol. The van der Waals surface area contributed by atoms with Gasteiger partial charge in [0.1, 0.15) is 0 Å². The Labute approximate surface area is 111 Å². The Morgan fingerprint density at radius 1 is 1.22 bits per heavy atom. The van der Waals surface area contributed by atoms with Crippen LogP contribution in [0.25, 0.3) is 0 Å². The molecule has 0 bridgehead atoms. The third-order valence-electron chi connectivity index (χ3n) is 2.75. The van der Waals surface area contributed by atoms with Crippen LogP contribution in [-0.4, -0.2) is 42.3 Å². The third kappa shape index (κ3) is 7.43. The van der Waals surface area contributed by atoms with E-state index in [9.17, 15) is 5.11 Å². The molecule has 0 saturated heterocycles. The summed E-state index contributed by atoms with van der Waals surface area (Å²) in [5.41, 5.74) is 0.736. The molecule has 0 atom stereocenters. The van der Waals surface area contributed by atoms with Crippen LogP contribution in [0.2, 0.25) is 0 Å². The first-order valence-corrected chi connectivity index (χ1v) is 6.63. The molecule has 102 valence electrons. The van der Waals surface area contributed by atoms with E-state index in [1.165, 1.54) is 5.56 Å². The van der Waals surface area contributed by atoms with Gasteiger partial charge >= 0.3 is 0 Å². The molecule has 0 aliphatic heterocycles. The van der Waals surface area contributed by atoms with Crippen molar-refractivity contribution in [2.45, 2.75) is 32.4 Å². The van der Waals surface area contributed by atoms with Crippen molar-refractivity contribution in [2.24, 2.45) is 0 Å². The molecule has 0 amide bonds. The smallest absolute Gasteiger partial charge is 0.0715 e. The van der Waals surface area contributed by atoms with Gasteiger partial charge in [-0.05, 0) is 46.0 Å². The first-order chi connectivity index (χ1) is 8.47. The average Bonchev–Trinajstić information content (AvgIpc) is 2.28. The van der Waals surface area contributed by atoms with Crippen molar-refractivity contribution >= 4 is 0 Å². The molecule has 3 heteroatoms. The molecule has 0 spiro atoms. The fourth-order valence-electron chi connectivity index (χ4n) is 1.84. The second-order valence-corrected chi connectivity index (χ2v) is 5.57. The second kappa shape index (κ2) is 7.52. The summed E-state index contributed by atoms with van der Waals surface area (Å²) in [7, 11) is 2.14. The van der Waals surface area contributed by atoms with Crippen molar-refractivity contribution in [3.05, 3.63) is 35.9 Å². The quantitative estimate of drug-likeness (QED) is 0.691. The lowest BCUT2D eigenvalue weighted by Gasteiger charge is -2.19. The highest BCUT2D eigenvalue weighted by Gasteiger charge is 2.10. The predicted octanol–water partition coefficient (Wildman–Crippen LogP) is 1.87. The lowest BCUT2D eigenvalue weighted by Crippen LogP contribution is -2.36. The van der Waals surface area contributed by atoms with Gasteiger partial charge in [-0.15, -0.1) is 0 Å². The number of aliphatic hydroxyl groups is 1. The molecule has 3 nitrogen and oxygen atoms in total. The van der Waals surface area contributed by atoms with Crippen LogP contribution in [0.4, 0.5) is 0 Å². The van der Waals surface area contributed by atoms with E-state index in [4.69, 9.17) is 0 Å². The summed E-state index contributed by atoms with van der Waals surface area (Å²) in [5, 5.41) is 12.8. The van der Waals surface area contributed by atoms with E-state index in [1.807, 2.05) is 19.9 Å². The number of nitrogens with zero attached hydrogens (tertiary/aromatic N) is 1. The normalized spacial score (nSPS) is 12.1. The van der Waals surface area contributed by atoms with E-state index in [0.29, 0.717) is 6.54 Å². The van der Waals surface area contributed by atoms with Gasteiger partial charge in [0.25, 0.3) is 0 Å². The summed E-state index contributed by atoms with van der Waals surface area (Å²) in [5.74, 6) is 0. The molecule has 0 heterocycles. The van der Waals surface area contributed by atoms with Crippen molar-refractivity contribution in [3.63, 3.8) is 0 Å². The zero-order chi connectivity index (χ0) is 13.4. The molecular weight excluding hydrogens is 224 g/mol. The Morgan fingerprint density at radius 3 is 2.50 bits per heavy atom. The number of rotatable bonds is 8. The molecule has 0 radical (unpaired) electrons. The monoisotopic (exact) mass is 250 g/mol. The van der Waals surface area contributed by atoms with E-state index >= 15 is 0 Å². The number of nitrogens with one attached hydrogen (secondary N) is 1. The molecule has 2 N–H and O–H groups in total. The molecule has 0 unspecified atom stereocenters. The maximum absolute atomic E-state index is 9.55. The van der Waals surface area contributed by atoms with Gasteiger partial charge in [-0.1, -0.05) is 30.3 Å². The molecule has 1 rings (SSSR count). The minimum atomic E-state index is -0.615. The van der Waals surface area contributed by atoms with Crippen LogP contribution >= 0.6 is 0 Å². The Balaban J connectivity index is 2.09. The van der Waals surface area contributed by atoms with Gasteiger partial charge < -0.3 is 15.3 Å². The maximum atomic E-state index is 9.55. The van der Waals surface area contributed by atoms with E-state index in [1.54, 1.807) is 0 Å². The van der Waals surface area contributed by atoms with Gasteiger partial charge in [-0.2, -0.15) is 0 Å². The number of hydrogen-bond donors (Lipinski definition) is 2. The van der Waals surface area contributed by atoms with Crippen LogP contribution in [0.5, 0.6) is 0 Å². The maximum Gasteiger partial charge on any atom is 0.0715 e. The van der Waals surface area contributed by atoms with Crippen molar-refractivity contribution in [1.29, 1.82) is 0 Å². The van der Waals surface area contributed by atoms with Gasteiger partial charge in [0.2, 0.25) is 0 Å². The Kier molecular flexibility index (Phi) is 6.33. The van der Waals surface area contributed by atoms with Gasteiger partial charge in [0, 0.05) is 13.1 Å². The molecule has 0 aromatic heterocycles. The minimum absolute atomic E-state index is 0.615. The summed E-state index contributed by atoms with van der Waals surface area (Å²) < 4.78 is 0. The van der Waals surface area contributed by atoms with E-state index in [2.05, 4.69) is 41.5 Å². The molecule has 1 aromatic rings. The van der Waals surface area contributed by atoms with E-state index < -0.39 is 5.60 Å². The van der Waals surface area contributed by atoms with Gasteiger partial charge in [0.05, 0.1) is 5.60 Å². The summed E-state index contributed by atoms with van der Waals surface area (Å²) in [4.78, 5) is 2.32. The standard InChI is InChI=1S/C15H26N2O/c1-15(2,18)13-16-10-7-11-17(3)12-14-8-5-4-6-9-14/h4-6,8-9,16,18H,7,10-13H2,1-3H3. The summed E-state index contributed by atoms with van der Waals surface area (Å²) >= 11 is 0. The fraction of sp³-hybridized carbons (Fsp3) is 0.600. The average molecular weight is 250 g/mol. The first kappa shape index (κ1) is 15.2. The molecule has 1 aromatic carbocycles. The highest BCUT2D eigenvalue weighted by molar-refractivity contribution is 5.14. The largest absolute Gasteiger partial charge is 0.389 e. The molecule has 0 aliphatic carbocycles. The second-order valence-electron chi connectivity index (χ2n) is 5.57. The SMILES string of the molecule is CN(CCCNCC(C)(C)O)Cc1ccccc1.